The molecule has 1 aromatic carbocycles. The van der Waals surface area contributed by atoms with Crippen molar-refractivity contribution >= 4 is 15.9 Å². The summed E-state index contributed by atoms with van der Waals surface area (Å²) in [5, 5.41) is 0. The van der Waals surface area contributed by atoms with E-state index in [0.29, 0.717) is 29.5 Å². The fourth-order valence-electron chi connectivity index (χ4n) is 8.02. The first-order chi connectivity index (χ1) is 14.6. The molecule has 0 heterocycles. The van der Waals surface area contributed by atoms with Gasteiger partial charge in [-0.3, -0.25) is 8.98 Å². The van der Waals surface area contributed by atoms with Gasteiger partial charge in [0.25, 0.3) is 10.1 Å². The van der Waals surface area contributed by atoms with Crippen molar-refractivity contribution in [3.63, 3.8) is 0 Å². The van der Waals surface area contributed by atoms with Gasteiger partial charge in [-0.1, -0.05) is 31.5 Å². The Kier molecular flexibility index (Phi) is 5.17. The molecular formula is C26H36O4S. The molecule has 0 N–H and O–H groups in total. The molecule has 1 aromatic rings. The van der Waals surface area contributed by atoms with Crippen LogP contribution in [-0.2, 0) is 19.1 Å². The van der Waals surface area contributed by atoms with Crippen molar-refractivity contribution in [3.05, 3.63) is 29.8 Å². The lowest BCUT2D eigenvalue weighted by atomic mass is 9.45. The summed E-state index contributed by atoms with van der Waals surface area (Å²) in [6.07, 6.45) is 8.85. The molecule has 4 aliphatic carbocycles. The van der Waals surface area contributed by atoms with E-state index in [1.807, 2.05) is 19.1 Å². The molecule has 0 unspecified atom stereocenters. The van der Waals surface area contributed by atoms with Crippen LogP contribution in [0, 0.1) is 41.4 Å². The molecule has 5 rings (SSSR count). The molecule has 0 aliphatic heterocycles. The highest BCUT2D eigenvalue weighted by molar-refractivity contribution is 7.86. The topological polar surface area (TPSA) is 60.4 Å². The van der Waals surface area contributed by atoms with Gasteiger partial charge in [0.2, 0.25) is 0 Å². The minimum absolute atomic E-state index is 0.0766. The van der Waals surface area contributed by atoms with Crippen molar-refractivity contribution in [2.45, 2.75) is 89.6 Å². The minimum Gasteiger partial charge on any atom is -0.299 e. The fourth-order valence-corrected chi connectivity index (χ4v) is 9.13. The second-order valence-electron chi connectivity index (χ2n) is 11.3. The Morgan fingerprint density at radius 1 is 0.935 bits per heavy atom. The number of benzene rings is 1. The number of Topliss-reactive ketones (excluding diaryl/α,β-unsaturated/α-hetero) is 1. The smallest absolute Gasteiger partial charge is 0.297 e. The molecule has 0 radical (unpaired) electrons. The van der Waals surface area contributed by atoms with E-state index in [-0.39, 0.29) is 21.8 Å². The molecule has 4 aliphatic rings. The van der Waals surface area contributed by atoms with Crippen LogP contribution in [0.1, 0.15) is 77.2 Å². The number of hydrogen-bond donors (Lipinski definition) is 0. The number of rotatable bonds is 3. The number of aryl methyl sites for hydroxylation is 1. The van der Waals surface area contributed by atoms with E-state index in [0.717, 1.165) is 56.9 Å². The summed E-state index contributed by atoms with van der Waals surface area (Å²) in [6.45, 7) is 6.64. The first kappa shape index (κ1) is 21.6. The quantitative estimate of drug-likeness (QED) is 0.563. The van der Waals surface area contributed by atoms with Crippen molar-refractivity contribution in [3.8, 4) is 0 Å². The van der Waals surface area contributed by atoms with Crippen molar-refractivity contribution < 1.29 is 17.4 Å². The molecule has 4 saturated carbocycles. The number of ketones is 1. The maximum atomic E-state index is 12.8. The maximum Gasteiger partial charge on any atom is 0.297 e. The van der Waals surface area contributed by atoms with Crippen molar-refractivity contribution in [1.82, 2.24) is 0 Å². The summed E-state index contributed by atoms with van der Waals surface area (Å²) in [5.41, 5.74) is 1.22. The highest BCUT2D eigenvalue weighted by Gasteiger charge is 2.60. The van der Waals surface area contributed by atoms with Gasteiger partial charge in [-0.25, -0.2) is 0 Å². The third kappa shape index (κ3) is 3.42. The molecule has 4 nitrogen and oxygen atoms in total. The van der Waals surface area contributed by atoms with E-state index < -0.39 is 10.1 Å². The SMILES string of the molecule is Cc1ccc(S(=O)(=O)O[C@@H]2CC[C@]3(C)[C@H](CC[C@@H]4[C@H]5CCC(=O)[C@@]5(C)CC[C@@H]43)C2)cc1. The van der Waals surface area contributed by atoms with Crippen LogP contribution in [0.3, 0.4) is 0 Å². The molecule has 4 fully saturated rings. The minimum atomic E-state index is -3.72. The Labute approximate surface area is 187 Å². The highest BCUT2D eigenvalue weighted by Crippen LogP contribution is 2.65. The predicted molar refractivity (Wildman–Crippen MR) is 120 cm³/mol. The largest absolute Gasteiger partial charge is 0.299 e. The summed E-state index contributed by atoms with van der Waals surface area (Å²) in [7, 11) is -3.72. The Hall–Kier alpha value is -1.20. The Balaban J connectivity index is 1.30. The van der Waals surface area contributed by atoms with Gasteiger partial charge in [-0.15, -0.1) is 0 Å². The summed E-state index contributed by atoms with van der Waals surface area (Å²) >= 11 is 0. The Bertz CT molecular complexity index is 968. The zero-order valence-corrected chi connectivity index (χ0v) is 19.9. The van der Waals surface area contributed by atoms with Gasteiger partial charge in [-0.05, 0) is 99.5 Å². The van der Waals surface area contributed by atoms with E-state index in [2.05, 4.69) is 13.8 Å². The van der Waals surface area contributed by atoms with E-state index >= 15 is 0 Å². The van der Waals surface area contributed by atoms with Crippen LogP contribution in [0.5, 0.6) is 0 Å². The molecule has 0 amide bonds. The number of carbonyl (C=O) groups is 1. The highest BCUT2D eigenvalue weighted by atomic mass is 32.2. The zero-order chi connectivity index (χ0) is 22.0. The Morgan fingerprint density at radius 3 is 2.42 bits per heavy atom. The van der Waals surface area contributed by atoms with Gasteiger partial charge in [0.05, 0.1) is 11.0 Å². The summed E-state index contributed by atoms with van der Waals surface area (Å²) < 4.78 is 31.4. The van der Waals surface area contributed by atoms with Crippen LogP contribution < -0.4 is 0 Å². The van der Waals surface area contributed by atoms with E-state index in [1.165, 1.54) is 6.42 Å². The van der Waals surface area contributed by atoms with Crippen molar-refractivity contribution in [1.29, 1.82) is 0 Å². The molecule has 0 saturated heterocycles. The number of fused-ring (bicyclic) bond motifs is 5. The summed E-state index contributed by atoms with van der Waals surface area (Å²) in [5.74, 6) is 2.92. The number of carbonyl (C=O) groups excluding carboxylic acids is 1. The van der Waals surface area contributed by atoms with Gasteiger partial charge in [-0.2, -0.15) is 8.42 Å². The molecule has 5 heteroatoms. The fraction of sp³-hybridized carbons (Fsp3) is 0.731. The predicted octanol–water partition coefficient (Wildman–Crippen LogP) is 5.68. The van der Waals surface area contributed by atoms with Crippen LogP contribution >= 0.6 is 0 Å². The molecule has 170 valence electrons. The monoisotopic (exact) mass is 444 g/mol. The standard InChI is InChI=1S/C26H36O4S/c1-17-4-7-20(8-5-17)31(28,29)30-19-12-14-25(2)18(16-19)6-9-21-22-10-11-24(27)26(22,3)15-13-23(21)25/h4-5,7-8,18-19,21-23H,6,9-16H2,1-3H3/t18-,19-,21-,22-,23+,25-,26+/m1/s1. The van der Waals surface area contributed by atoms with Crippen molar-refractivity contribution in [2.75, 3.05) is 0 Å². The van der Waals surface area contributed by atoms with Gasteiger partial charge in [0.15, 0.2) is 0 Å². The molecule has 0 aromatic heterocycles. The van der Waals surface area contributed by atoms with Crippen LogP contribution in [0.15, 0.2) is 29.2 Å². The lowest BCUT2D eigenvalue weighted by Gasteiger charge is -2.60. The maximum absolute atomic E-state index is 12.8. The number of hydrogen-bond acceptors (Lipinski definition) is 4. The zero-order valence-electron chi connectivity index (χ0n) is 19.1. The lowest BCUT2D eigenvalue weighted by molar-refractivity contribution is -0.141. The van der Waals surface area contributed by atoms with E-state index in [4.69, 9.17) is 4.18 Å². The Morgan fingerprint density at radius 2 is 1.68 bits per heavy atom. The first-order valence-corrected chi connectivity index (χ1v) is 13.6. The second-order valence-corrected chi connectivity index (χ2v) is 12.9. The molecular weight excluding hydrogens is 408 g/mol. The summed E-state index contributed by atoms with van der Waals surface area (Å²) in [6, 6.07) is 6.93. The van der Waals surface area contributed by atoms with Crippen LogP contribution in [0.25, 0.3) is 0 Å². The normalized spacial score (nSPS) is 42.5. The van der Waals surface area contributed by atoms with Crippen molar-refractivity contribution in [2.24, 2.45) is 34.5 Å². The molecule has 0 spiro atoms. The average Bonchev–Trinajstić information content (AvgIpc) is 3.03. The average molecular weight is 445 g/mol. The van der Waals surface area contributed by atoms with Crippen LogP contribution in [0.2, 0.25) is 0 Å². The van der Waals surface area contributed by atoms with Gasteiger partial charge in [0.1, 0.15) is 5.78 Å². The molecule has 7 atom stereocenters. The second kappa shape index (κ2) is 7.41. The third-order valence-corrected chi connectivity index (χ3v) is 11.3. The van der Waals surface area contributed by atoms with E-state index in [1.54, 1.807) is 12.1 Å². The van der Waals surface area contributed by atoms with Gasteiger partial charge >= 0.3 is 0 Å². The van der Waals surface area contributed by atoms with Gasteiger partial charge in [0, 0.05) is 11.8 Å². The third-order valence-electron chi connectivity index (χ3n) is 9.90. The summed E-state index contributed by atoms with van der Waals surface area (Å²) in [4.78, 5) is 12.9. The first-order valence-electron chi connectivity index (χ1n) is 12.2. The lowest BCUT2D eigenvalue weighted by Crippen LogP contribution is -2.54. The molecule has 31 heavy (non-hydrogen) atoms. The van der Waals surface area contributed by atoms with Gasteiger partial charge < -0.3 is 0 Å². The van der Waals surface area contributed by atoms with E-state index in [9.17, 15) is 13.2 Å². The van der Waals surface area contributed by atoms with Crippen LogP contribution in [-0.4, -0.2) is 20.3 Å². The molecule has 0 bridgehead atoms. The van der Waals surface area contributed by atoms with Crippen LogP contribution in [0.4, 0.5) is 0 Å².